The van der Waals surface area contributed by atoms with Gasteiger partial charge in [-0.3, -0.25) is 14.1 Å². The molecule has 0 aliphatic carbocycles. The molecule has 4 amide bonds. The number of rotatable bonds is 9. The molecule has 0 spiro atoms. The fraction of sp³-hybridized carbons (Fsp3) is 0.160. The standard InChI is InChI=1S/C25H26N4O6S.K.H/c1-28(21-11-4-2-5-12-21)24(31)17-29(22-13-6-3-7-14-22)23(30)16-26-25(32)27-20-10-8-9-19(15-20)18-36(33,34)35;;/h2-15H,16-18H2,1H3,(H2,26,27,32)(H,33,34,35);;/q;+1;-1. The molecule has 3 rings (SSSR count). The van der Waals surface area contributed by atoms with Crippen LogP contribution in [0.5, 0.6) is 0 Å². The number of benzene rings is 3. The molecule has 3 aromatic carbocycles. The van der Waals surface area contributed by atoms with Crippen molar-refractivity contribution in [2.45, 2.75) is 5.75 Å². The van der Waals surface area contributed by atoms with Gasteiger partial charge in [-0.1, -0.05) is 48.5 Å². The summed E-state index contributed by atoms with van der Waals surface area (Å²) in [6.45, 7) is -0.636. The minimum Gasteiger partial charge on any atom is -1.00 e. The quantitative estimate of drug-likeness (QED) is 0.254. The molecular weight excluding hydrogens is 523 g/mol. The van der Waals surface area contributed by atoms with Gasteiger partial charge in [0, 0.05) is 24.1 Å². The molecule has 0 atom stereocenters. The van der Waals surface area contributed by atoms with Gasteiger partial charge in [0.2, 0.25) is 11.8 Å². The predicted octanol–water partition coefficient (Wildman–Crippen LogP) is 0.00860. The number of nitrogens with one attached hydrogen (secondary N) is 2. The average molecular weight is 551 g/mol. The first-order chi connectivity index (χ1) is 17.1. The molecule has 0 bridgehead atoms. The van der Waals surface area contributed by atoms with E-state index in [-0.39, 0.29) is 76.5 Å². The average Bonchev–Trinajstić information content (AvgIpc) is 2.85. The van der Waals surface area contributed by atoms with Crippen LogP contribution in [-0.4, -0.2) is 51.0 Å². The van der Waals surface area contributed by atoms with E-state index >= 15 is 0 Å². The molecule has 0 heterocycles. The normalized spacial score (nSPS) is 10.5. The Kier molecular flexibility index (Phi) is 11.9. The Hall–Kier alpha value is -2.58. The van der Waals surface area contributed by atoms with Gasteiger partial charge in [0.05, 0.1) is 6.54 Å². The molecule has 0 fully saturated rings. The van der Waals surface area contributed by atoms with E-state index in [1.165, 1.54) is 34.1 Å². The molecule has 0 unspecified atom stereocenters. The van der Waals surface area contributed by atoms with Gasteiger partial charge in [0.15, 0.2) is 0 Å². The van der Waals surface area contributed by atoms with Crippen molar-refractivity contribution in [3.8, 4) is 0 Å². The second-order valence-corrected chi connectivity index (χ2v) is 9.29. The molecule has 190 valence electrons. The molecule has 0 aromatic heterocycles. The van der Waals surface area contributed by atoms with Gasteiger partial charge in [-0.2, -0.15) is 8.42 Å². The Morgan fingerprint density at radius 3 is 2.05 bits per heavy atom. The summed E-state index contributed by atoms with van der Waals surface area (Å²) in [6.07, 6.45) is 0. The number of carbonyl (C=O) groups excluding carboxylic acids is 3. The number of amides is 4. The van der Waals surface area contributed by atoms with Gasteiger partial charge in [-0.25, -0.2) is 4.79 Å². The van der Waals surface area contributed by atoms with Crippen molar-refractivity contribution in [3.05, 3.63) is 90.5 Å². The van der Waals surface area contributed by atoms with Crippen LogP contribution in [0.3, 0.4) is 0 Å². The van der Waals surface area contributed by atoms with Gasteiger partial charge < -0.3 is 21.9 Å². The van der Waals surface area contributed by atoms with Crippen molar-refractivity contribution in [3.63, 3.8) is 0 Å². The van der Waals surface area contributed by atoms with E-state index in [2.05, 4.69) is 10.6 Å². The smallest absolute Gasteiger partial charge is 1.00 e. The van der Waals surface area contributed by atoms with Crippen molar-refractivity contribution < 1.29 is 80.2 Å². The first-order valence-corrected chi connectivity index (χ1v) is 12.5. The molecule has 3 aromatic rings. The second kappa shape index (κ2) is 14.4. The molecule has 3 N–H and O–H groups in total. The Morgan fingerprint density at radius 1 is 0.865 bits per heavy atom. The minimum absolute atomic E-state index is 0. The van der Waals surface area contributed by atoms with E-state index < -0.39 is 34.4 Å². The van der Waals surface area contributed by atoms with Crippen LogP contribution in [0, 0.1) is 0 Å². The van der Waals surface area contributed by atoms with Gasteiger partial charge in [0.25, 0.3) is 10.1 Å². The molecular formula is C25H27KN4O6S. The predicted molar refractivity (Wildman–Crippen MR) is 138 cm³/mol. The number of hydrogen-bond acceptors (Lipinski definition) is 5. The van der Waals surface area contributed by atoms with E-state index in [1.54, 1.807) is 61.6 Å². The molecule has 12 heteroatoms. The zero-order valence-electron chi connectivity index (χ0n) is 21.5. The summed E-state index contributed by atoms with van der Waals surface area (Å²) in [7, 11) is -2.61. The zero-order valence-corrected chi connectivity index (χ0v) is 24.4. The van der Waals surface area contributed by atoms with E-state index in [0.29, 0.717) is 11.4 Å². The number of urea groups is 1. The number of anilines is 3. The minimum atomic E-state index is -4.22. The summed E-state index contributed by atoms with van der Waals surface area (Å²) in [5.41, 5.74) is 1.73. The monoisotopic (exact) mass is 550 g/mol. The third kappa shape index (κ3) is 10.0. The van der Waals surface area contributed by atoms with Crippen LogP contribution in [0.15, 0.2) is 84.9 Å². The molecule has 0 saturated heterocycles. The summed E-state index contributed by atoms with van der Waals surface area (Å²) in [4.78, 5) is 41.0. The summed E-state index contributed by atoms with van der Waals surface area (Å²) < 4.78 is 31.2. The molecule has 0 saturated carbocycles. The van der Waals surface area contributed by atoms with E-state index in [1.807, 2.05) is 6.07 Å². The number of carbonyl (C=O) groups is 3. The summed E-state index contributed by atoms with van der Waals surface area (Å²) in [6, 6.07) is 22.9. The van der Waals surface area contributed by atoms with Crippen LogP contribution in [0.2, 0.25) is 0 Å². The Labute approximate surface area is 259 Å². The summed E-state index contributed by atoms with van der Waals surface area (Å²) in [5.74, 6) is -1.43. The summed E-state index contributed by atoms with van der Waals surface area (Å²) in [5, 5.41) is 4.96. The van der Waals surface area contributed by atoms with Crippen molar-refractivity contribution in [2.24, 2.45) is 0 Å². The van der Waals surface area contributed by atoms with Crippen molar-refractivity contribution >= 4 is 45.0 Å². The van der Waals surface area contributed by atoms with Crippen molar-refractivity contribution in [2.75, 3.05) is 35.3 Å². The van der Waals surface area contributed by atoms with E-state index in [9.17, 15) is 22.8 Å². The zero-order chi connectivity index (χ0) is 26.1. The Morgan fingerprint density at radius 2 is 1.46 bits per heavy atom. The molecule has 10 nitrogen and oxygen atoms in total. The Balaban J connectivity index is 0.00000361. The number of nitrogens with zero attached hydrogens (tertiary/aromatic N) is 2. The summed E-state index contributed by atoms with van der Waals surface area (Å²) >= 11 is 0. The second-order valence-electron chi connectivity index (χ2n) is 7.84. The topological polar surface area (TPSA) is 136 Å². The molecule has 0 aliphatic heterocycles. The van der Waals surface area contributed by atoms with Gasteiger partial charge in [-0.05, 0) is 42.0 Å². The largest absolute Gasteiger partial charge is 1.00 e. The van der Waals surface area contributed by atoms with Crippen LogP contribution in [0.4, 0.5) is 21.9 Å². The third-order valence-corrected chi connectivity index (χ3v) is 5.81. The van der Waals surface area contributed by atoms with E-state index in [0.717, 1.165) is 0 Å². The Bertz CT molecular complexity index is 1330. The van der Waals surface area contributed by atoms with Crippen LogP contribution < -0.4 is 71.8 Å². The maximum Gasteiger partial charge on any atom is 1.00 e. The number of hydrogen-bond donors (Lipinski definition) is 3. The van der Waals surface area contributed by atoms with Gasteiger partial charge in [-0.15, -0.1) is 0 Å². The third-order valence-electron chi connectivity index (χ3n) is 5.11. The van der Waals surface area contributed by atoms with Crippen molar-refractivity contribution in [1.29, 1.82) is 0 Å². The van der Waals surface area contributed by atoms with Gasteiger partial charge in [0.1, 0.15) is 12.3 Å². The number of para-hydroxylation sites is 2. The first-order valence-electron chi connectivity index (χ1n) is 10.9. The van der Waals surface area contributed by atoms with Crippen LogP contribution in [0.1, 0.15) is 6.99 Å². The van der Waals surface area contributed by atoms with Crippen molar-refractivity contribution in [1.82, 2.24) is 5.32 Å². The first kappa shape index (κ1) is 30.6. The van der Waals surface area contributed by atoms with Crippen LogP contribution in [-0.2, 0) is 25.5 Å². The van der Waals surface area contributed by atoms with E-state index in [4.69, 9.17) is 4.55 Å². The molecule has 0 radical (unpaired) electrons. The van der Waals surface area contributed by atoms with Crippen LogP contribution >= 0.6 is 0 Å². The molecule has 0 aliphatic rings. The maximum absolute atomic E-state index is 13.0. The van der Waals surface area contributed by atoms with Crippen LogP contribution in [0.25, 0.3) is 0 Å². The van der Waals surface area contributed by atoms with Gasteiger partial charge >= 0.3 is 57.4 Å². The molecule has 37 heavy (non-hydrogen) atoms. The number of likely N-dealkylation sites (N-methyl/N-ethyl adjacent to an activating group) is 1. The SMILES string of the molecule is CN(C(=O)CN(C(=O)CNC(=O)Nc1cccc(CS(=O)(=O)O)c1)c1ccccc1)c1ccccc1.[H-].[K+]. The fourth-order valence-electron chi connectivity index (χ4n) is 3.34. The maximum atomic E-state index is 13.0. The fourth-order valence-corrected chi connectivity index (χ4v) is 3.95.